The second-order valence-electron chi connectivity index (χ2n) is 4.31. The van der Waals surface area contributed by atoms with Gasteiger partial charge in [0.1, 0.15) is 12.4 Å². The van der Waals surface area contributed by atoms with Gasteiger partial charge in [0.05, 0.1) is 17.2 Å². The van der Waals surface area contributed by atoms with Gasteiger partial charge in [-0.2, -0.15) is 18.4 Å². The molecule has 2 N–H and O–H groups in total. The number of nitrogen functional groups attached to an aromatic ring is 1. The van der Waals surface area contributed by atoms with E-state index in [1.54, 1.807) is 30.3 Å². The van der Waals surface area contributed by atoms with Gasteiger partial charge in [-0.3, -0.25) is 0 Å². The van der Waals surface area contributed by atoms with Crippen molar-refractivity contribution in [3.63, 3.8) is 0 Å². The molecular weight excluding hydrogens is 281 g/mol. The van der Waals surface area contributed by atoms with Gasteiger partial charge in [0.15, 0.2) is 0 Å². The number of nitrogens with two attached hydrogens (primary N) is 1. The summed E-state index contributed by atoms with van der Waals surface area (Å²) in [6, 6.07) is 11.6. The van der Waals surface area contributed by atoms with Crippen molar-refractivity contribution < 1.29 is 17.9 Å². The second-order valence-corrected chi connectivity index (χ2v) is 4.31. The average molecular weight is 292 g/mol. The molecule has 3 nitrogen and oxygen atoms in total. The maximum Gasteiger partial charge on any atom is 0.420 e. The van der Waals surface area contributed by atoms with E-state index in [0.29, 0.717) is 11.3 Å². The van der Waals surface area contributed by atoms with Crippen LogP contribution in [0.15, 0.2) is 42.5 Å². The first-order chi connectivity index (χ1) is 9.91. The molecule has 0 fully saturated rings. The van der Waals surface area contributed by atoms with Crippen LogP contribution in [0.2, 0.25) is 0 Å². The molecule has 0 atom stereocenters. The van der Waals surface area contributed by atoms with Gasteiger partial charge in [0.2, 0.25) is 0 Å². The molecule has 0 saturated heterocycles. The van der Waals surface area contributed by atoms with Crippen LogP contribution >= 0.6 is 0 Å². The van der Waals surface area contributed by atoms with E-state index >= 15 is 0 Å². The topological polar surface area (TPSA) is 59.0 Å². The third kappa shape index (κ3) is 3.45. The fourth-order valence-electron chi connectivity index (χ4n) is 1.77. The van der Waals surface area contributed by atoms with Crippen molar-refractivity contribution >= 4 is 5.69 Å². The highest BCUT2D eigenvalue weighted by atomic mass is 19.4. The lowest BCUT2D eigenvalue weighted by atomic mass is 10.1. The van der Waals surface area contributed by atoms with E-state index in [9.17, 15) is 13.2 Å². The van der Waals surface area contributed by atoms with Crippen LogP contribution in [-0.2, 0) is 12.8 Å². The minimum Gasteiger partial charge on any atom is -0.488 e. The highest BCUT2D eigenvalue weighted by molar-refractivity contribution is 5.47. The van der Waals surface area contributed by atoms with Crippen molar-refractivity contribution in [2.24, 2.45) is 0 Å². The molecule has 0 amide bonds. The highest BCUT2D eigenvalue weighted by Crippen LogP contribution is 2.37. The number of halogens is 3. The van der Waals surface area contributed by atoms with Gasteiger partial charge in [-0.05, 0) is 24.3 Å². The minimum absolute atomic E-state index is 0.0751. The number of anilines is 1. The molecule has 0 aliphatic heterocycles. The Kier molecular flexibility index (Phi) is 4.03. The normalized spacial score (nSPS) is 11.0. The average Bonchev–Trinajstić information content (AvgIpc) is 2.45. The van der Waals surface area contributed by atoms with Crippen molar-refractivity contribution in [1.82, 2.24) is 0 Å². The molecule has 0 aromatic heterocycles. The second kappa shape index (κ2) is 5.75. The van der Waals surface area contributed by atoms with Crippen LogP contribution in [-0.4, -0.2) is 0 Å². The van der Waals surface area contributed by atoms with Gasteiger partial charge < -0.3 is 10.5 Å². The molecular formula is C15H11F3N2O. The Morgan fingerprint density at radius 1 is 1.14 bits per heavy atom. The molecule has 0 unspecified atom stereocenters. The van der Waals surface area contributed by atoms with Crippen molar-refractivity contribution in [1.29, 1.82) is 5.26 Å². The smallest absolute Gasteiger partial charge is 0.420 e. The number of ether oxygens (including phenoxy) is 1. The summed E-state index contributed by atoms with van der Waals surface area (Å²) in [7, 11) is 0. The zero-order valence-corrected chi connectivity index (χ0v) is 10.8. The van der Waals surface area contributed by atoms with Crippen LogP contribution in [0.25, 0.3) is 0 Å². The Hall–Kier alpha value is -2.68. The number of nitriles is 1. The van der Waals surface area contributed by atoms with E-state index in [-0.39, 0.29) is 17.9 Å². The molecule has 2 rings (SSSR count). The summed E-state index contributed by atoms with van der Waals surface area (Å²) in [5.74, 6) is -0.329. The zero-order chi connectivity index (χ0) is 15.5. The molecule has 6 heteroatoms. The molecule has 0 saturated carbocycles. The molecule has 2 aromatic carbocycles. The first-order valence-corrected chi connectivity index (χ1v) is 5.99. The van der Waals surface area contributed by atoms with E-state index < -0.39 is 11.7 Å². The lowest BCUT2D eigenvalue weighted by Gasteiger charge is -2.14. The number of benzene rings is 2. The van der Waals surface area contributed by atoms with Crippen LogP contribution in [0.3, 0.4) is 0 Å². The van der Waals surface area contributed by atoms with Crippen LogP contribution in [0.5, 0.6) is 5.75 Å². The monoisotopic (exact) mass is 292 g/mol. The summed E-state index contributed by atoms with van der Waals surface area (Å²) < 4.78 is 44.1. The van der Waals surface area contributed by atoms with Gasteiger partial charge in [-0.25, -0.2) is 0 Å². The predicted octanol–water partition coefficient (Wildman–Crippen LogP) is 3.74. The van der Waals surface area contributed by atoms with Gasteiger partial charge >= 0.3 is 6.18 Å². The van der Waals surface area contributed by atoms with Crippen LogP contribution in [0, 0.1) is 11.3 Å². The van der Waals surface area contributed by atoms with Crippen molar-refractivity contribution in [3.05, 3.63) is 59.2 Å². The summed E-state index contributed by atoms with van der Waals surface area (Å²) >= 11 is 0. The van der Waals surface area contributed by atoms with E-state index in [1.165, 1.54) is 6.07 Å². The molecule has 0 heterocycles. The van der Waals surface area contributed by atoms with Crippen molar-refractivity contribution in [2.45, 2.75) is 12.8 Å². The molecule has 0 bridgehead atoms. The molecule has 0 aliphatic carbocycles. The molecule has 0 spiro atoms. The third-order valence-electron chi connectivity index (χ3n) is 2.85. The van der Waals surface area contributed by atoms with Gasteiger partial charge in [-0.1, -0.05) is 18.2 Å². The SMILES string of the molecule is N#Cc1ccc(OCc2ccccc2N)c(C(F)(F)F)c1. The third-order valence-corrected chi connectivity index (χ3v) is 2.85. The summed E-state index contributed by atoms with van der Waals surface area (Å²) in [6.07, 6.45) is -4.59. The Labute approximate surface area is 119 Å². The number of hydrogen-bond donors (Lipinski definition) is 1. The number of rotatable bonds is 3. The first-order valence-electron chi connectivity index (χ1n) is 5.99. The van der Waals surface area contributed by atoms with E-state index in [0.717, 1.165) is 12.1 Å². The summed E-state index contributed by atoms with van der Waals surface area (Å²) in [5, 5.41) is 8.69. The molecule has 0 radical (unpaired) electrons. The van der Waals surface area contributed by atoms with E-state index in [4.69, 9.17) is 15.7 Å². The number of nitrogens with zero attached hydrogens (tertiary/aromatic N) is 1. The number of hydrogen-bond acceptors (Lipinski definition) is 3. The predicted molar refractivity (Wildman–Crippen MR) is 71.3 cm³/mol. The Bertz CT molecular complexity index is 690. The molecule has 21 heavy (non-hydrogen) atoms. The first kappa shape index (κ1) is 14.7. The highest BCUT2D eigenvalue weighted by Gasteiger charge is 2.34. The lowest BCUT2D eigenvalue weighted by Crippen LogP contribution is -2.09. The molecule has 108 valence electrons. The Balaban J connectivity index is 2.28. The van der Waals surface area contributed by atoms with Crippen molar-refractivity contribution in [2.75, 3.05) is 5.73 Å². The van der Waals surface area contributed by atoms with E-state index in [1.807, 2.05) is 0 Å². The van der Waals surface area contributed by atoms with Crippen LogP contribution < -0.4 is 10.5 Å². The van der Waals surface area contributed by atoms with Gasteiger partial charge in [0.25, 0.3) is 0 Å². The zero-order valence-electron chi connectivity index (χ0n) is 10.8. The Morgan fingerprint density at radius 2 is 1.86 bits per heavy atom. The fourth-order valence-corrected chi connectivity index (χ4v) is 1.77. The quantitative estimate of drug-likeness (QED) is 0.877. The largest absolute Gasteiger partial charge is 0.488 e. The van der Waals surface area contributed by atoms with Gasteiger partial charge in [-0.15, -0.1) is 0 Å². The maximum atomic E-state index is 13.0. The minimum atomic E-state index is -4.59. The lowest BCUT2D eigenvalue weighted by molar-refractivity contribution is -0.139. The number of alkyl halides is 3. The standard InChI is InChI=1S/C15H11F3N2O/c16-15(17,18)12-7-10(8-19)5-6-14(12)21-9-11-3-1-2-4-13(11)20/h1-7H,9,20H2. The van der Waals surface area contributed by atoms with Crippen LogP contribution in [0.4, 0.5) is 18.9 Å². The van der Waals surface area contributed by atoms with Crippen molar-refractivity contribution in [3.8, 4) is 11.8 Å². The molecule has 0 aliphatic rings. The summed E-state index contributed by atoms with van der Waals surface area (Å²) in [6.45, 7) is -0.0817. The summed E-state index contributed by atoms with van der Waals surface area (Å²) in [4.78, 5) is 0. The summed E-state index contributed by atoms with van der Waals surface area (Å²) in [5.41, 5.74) is 5.69. The Morgan fingerprint density at radius 3 is 2.48 bits per heavy atom. The van der Waals surface area contributed by atoms with E-state index in [2.05, 4.69) is 0 Å². The number of para-hydroxylation sites is 1. The van der Waals surface area contributed by atoms with Crippen LogP contribution in [0.1, 0.15) is 16.7 Å². The maximum absolute atomic E-state index is 13.0. The molecule has 2 aromatic rings. The van der Waals surface area contributed by atoms with Gasteiger partial charge in [0, 0.05) is 11.3 Å². The fraction of sp³-hybridized carbons (Fsp3) is 0.133.